The summed E-state index contributed by atoms with van der Waals surface area (Å²) in [5.41, 5.74) is 0. The van der Waals surface area contributed by atoms with E-state index in [1.165, 1.54) is 7.06 Å². The van der Waals surface area contributed by atoms with Crippen molar-refractivity contribution < 1.29 is 4.32 Å². The summed E-state index contributed by atoms with van der Waals surface area (Å²) < 4.78 is 10.8. The molecule has 0 amide bonds. The maximum Gasteiger partial charge on any atom is 0.292 e. The standard InChI is InChI=1S/B3FI/c4-2-1-3-5. The highest BCUT2D eigenvalue weighted by molar-refractivity contribution is 14.1. The van der Waals surface area contributed by atoms with Crippen LogP contribution in [0.3, 0.4) is 0 Å². The van der Waals surface area contributed by atoms with E-state index in [-0.39, 0.29) is 0 Å². The predicted molar refractivity (Wildman–Crippen MR) is 32.4 cm³/mol. The molecular weight excluding hydrogens is 178 g/mol. The Hall–Kier alpha value is 0.855. The highest BCUT2D eigenvalue weighted by atomic mass is 127. The topological polar surface area (TPSA) is 0 Å². The Balaban J connectivity index is 2.19. The van der Waals surface area contributed by atoms with Gasteiger partial charge in [0.1, 0.15) is 5.03 Å². The number of hydrogen-bond donors (Lipinski definition) is 0. The molecule has 0 spiro atoms. The Labute approximate surface area is 46.5 Å². The fourth-order valence-corrected chi connectivity index (χ4v) is 0.184. The maximum absolute atomic E-state index is 10.8. The van der Waals surface area contributed by atoms with Gasteiger partial charge in [-0.25, -0.2) is 0 Å². The van der Waals surface area contributed by atoms with Crippen LogP contribution < -0.4 is 0 Å². The first-order chi connectivity index (χ1) is 2.41. The van der Waals surface area contributed by atoms with Crippen molar-refractivity contribution in [3.05, 3.63) is 0 Å². The molecule has 0 aliphatic heterocycles. The molecule has 0 rings (SSSR count). The van der Waals surface area contributed by atoms with Crippen LogP contribution in [0.15, 0.2) is 0 Å². The molecule has 0 saturated carbocycles. The maximum atomic E-state index is 10.8. The molecule has 0 atom stereocenters. The summed E-state index contributed by atoms with van der Waals surface area (Å²) in [6.07, 6.45) is 0. The molecule has 3 radical (unpaired) electrons. The summed E-state index contributed by atoms with van der Waals surface area (Å²) in [7, 11) is 1.81. The van der Waals surface area contributed by atoms with Crippen molar-refractivity contribution in [3.8, 4) is 0 Å². The van der Waals surface area contributed by atoms with E-state index in [9.17, 15) is 4.32 Å². The summed E-state index contributed by atoms with van der Waals surface area (Å²) in [4.78, 5) is 0. The van der Waals surface area contributed by atoms with E-state index in [0.29, 0.717) is 7.45 Å². The van der Waals surface area contributed by atoms with Crippen LogP contribution in [0.25, 0.3) is 0 Å². The third kappa shape index (κ3) is 4.85. The molecule has 5 heavy (non-hydrogen) atoms. The molecule has 0 aromatic heterocycles. The third-order valence-corrected chi connectivity index (χ3v) is 0.561. The van der Waals surface area contributed by atoms with E-state index in [1.807, 2.05) is 22.4 Å². The number of rotatable bonds is 2. The smallest absolute Gasteiger partial charge is 0.292 e. The van der Waals surface area contributed by atoms with Crippen molar-refractivity contribution in [2.24, 2.45) is 0 Å². The zero-order valence-corrected chi connectivity index (χ0v) is 4.65. The van der Waals surface area contributed by atoms with Crippen LogP contribution in [0.2, 0.25) is 0 Å². The van der Waals surface area contributed by atoms with E-state index >= 15 is 0 Å². The van der Waals surface area contributed by atoms with Crippen LogP contribution in [0.5, 0.6) is 0 Å². The van der Waals surface area contributed by atoms with Gasteiger partial charge in [0.05, 0.1) is 7.06 Å². The quantitative estimate of drug-likeness (QED) is 0.417. The Kier molecular flexibility index (Phi) is 5.68. The number of halogens is 2. The summed E-state index contributed by atoms with van der Waals surface area (Å²) >= 11 is 1.94. The van der Waals surface area contributed by atoms with Crippen LogP contribution in [0.1, 0.15) is 0 Å². The molecule has 0 heterocycles. The number of hydrogen-bond acceptors (Lipinski definition) is 0. The Morgan fingerprint density at radius 2 is 2.20 bits per heavy atom. The molecular formula is B3FI. The van der Waals surface area contributed by atoms with Gasteiger partial charge >= 0.3 is 0 Å². The minimum absolute atomic E-state index is 0.492. The first-order valence-corrected chi connectivity index (χ1v) is 2.35. The minimum atomic E-state index is 0.492. The Morgan fingerprint density at radius 3 is 2.20 bits per heavy atom. The molecule has 0 aliphatic rings. The van der Waals surface area contributed by atoms with Gasteiger partial charge in [-0.2, -0.15) is 22.4 Å². The molecule has 0 N–H and O–H groups in total. The first-order valence-electron chi connectivity index (χ1n) is 1.10. The van der Waals surface area contributed by atoms with Crippen molar-refractivity contribution in [1.29, 1.82) is 0 Å². The highest BCUT2D eigenvalue weighted by Gasteiger charge is 1.84. The van der Waals surface area contributed by atoms with E-state index in [1.54, 1.807) is 5.03 Å². The molecule has 0 bridgehead atoms. The fourth-order valence-electron chi connectivity index (χ4n) is 0.0275. The van der Waals surface area contributed by atoms with Crippen molar-refractivity contribution in [2.75, 3.05) is 0 Å². The molecule has 0 saturated heterocycles. The van der Waals surface area contributed by atoms with E-state index in [0.717, 1.165) is 0 Å². The lowest BCUT2D eigenvalue weighted by Gasteiger charge is -1.65. The lowest BCUT2D eigenvalue weighted by Crippen LogP contribution is -2.00. The van der Waals surface area contributed by atoms with Gasteiger partial charge in [0.15, 0.2) is 0 Å². The second kappa shape index (κ2) is 4.85. The zero-order valence-electron chi connectivity index (χ0n) is 2.49. The van der Waals surface area contributed by atoms with Crippen LogP contribution >= 0.6 is 22.4 Å². The van der Waals surface area contributed by atoms with Gasteiger partial charge in [-0.3, -0.25) is 0 Å². The Bertz CT molecular complexity index is 14.4. The van der Waals surface area contributed by atoms with Gasteiger partial charge in [-0.15, -0.1) is 0 Å². The fraction of sp³-hybridized carbons (Fsp3) is 0. The Morgan fingerprint density at radius 1 is 1.60 bits per heavy atom. The second-order valence-corrected chi connectivity index (χ2v) is 1.16. The predicted octanol–water partition coefficient (Wildman–Crippen LogP) is 0.163. The average molecular weight is 178 g/mol. The average Bonchev–Trinajstić information content (AvgIpc) is 1.41. The van der Waals surface area contributed by atoms with Crippen molar-refractivity contribution >= 4 is 41.9 Å². The molecule has 5 heteroatoms. The minimum Gasteiger partial charge on any atom is -0.356 e. The van der Waals surface area contributed by atoms with Crippen LogP contribution in [0.4, 0.5) is 4.32 Å². The van der Waals surface area contributed by atoms with E-state index in [4.69, 9.17) is 0 Å². The van der Waals surface area contributed by atoms with Gasteiger partial charge < -0.3 is 4.32 Å². The van der Waals surface area contributed by atoms with Crippen LogP contribution in [-0.2, 0) is 0 Å². The summed E-state index contributed by atoms with van der Waals surface area (Å²) in [6.45, 7) is 0. The molecule has 23 valence electrons. The summed E-state index contributed by atoms with van der Waals surface area (Å²) in [5.74, 6) is 0. The van der Waals surface area contributed by atoms with Gasteiger partial charge in [-0.1, -0.05) is 0 Å². The third-order valence-electron chi connectivity index (χ3n) is 0.145. The van der Waals surface area contributed by atoms with E-state index in [2.05, 4.69) is 0 Å². The van der Waals surface area contributed by atoms with Crippen molar-refractivity contribution in [3.63, 3.8) is 0 Å². The van der Waals surface area contributed by atoms with Gasteiger partial charge in [0.2, 0.25) is 0 Å². The van der Waals surface area contributed by atoms with E-state index < -0.39 is 0 Å². The van der Waals surface area contributed by atoms with Gasteiger partial charge in [-0.05, 0) is 0 Å². The monoisotopic (exact) mass is 179 g/mol. The van der Waals surface area contributed by atoms with Crippen LogP contribution in [0, 0.1) is 0 Å². The van der Waals surface area contributed by atoms with Gasteiger partial charge in [0.25, 0.3) is 7.45 Å². The zero-order chi connectivity index (χ0) is 4.12. The molecule has 0 unspecified atom stereocenters. The summed E-state index contributed by atoms with van der Waals surface area (Å²) in [5, 5.41) is 1.60. The van der Waals surface area contributed by atoms with Crippen LogP contribution in [-0.4, -0.2) is 19.5 Å². The molecule has 0 fully saturated rings. The highest BCUT2D eigenvalue weighted by Crippen LogP contribution is 1.68. The summed E-state index contributed by atoms with van der Waals surface area (Å²) in [6, 6.07) is 0. The molecule has 0 nitrogen and oxygen atoms in total. The van der Waals surface area contributed by atoms with Gasteiger partial charge in [0, 0.05) is 0 Å². The molecule has 0 aromatic rings. The normalized spacial score (nSPS) is 6.00. The molecule has 0 aromatic carbocycles. The molecule has 0 aliphatic carbocycles. The lowest BCUT2D eigenvalue weighted by molar-refractivity contribution is 0.893. The van der Waals surface area contributed by atoms with Crippen molar-refractivity contribution in [1.82, 2.24) is 0 Å². The first kappa shape index (κ1) is 5.85. The second-order valence-electron chi connectivity index (χ2n) is 0.444. The largest absolute Gasteiger partial charge is 0.356 e. The lowest BCUT2D eigenvalue weighted by atomic mass is 9.37. The van der Waals surface area contributed by atoms with Crippen molar-refractivity contribution in [2.45, 2.75) is 0 Å². The SMILES string of the molecule is F[B][B][B]I.